The van der Waals surface area contributed by atoms with Crippen LogP contribution in [0.3, 0.4) is 0 Å². The molecule has 1 aliphatic heterocycles. The minimum absolute atomic E-state index is 0.0163. The number of ether oxygens (including phenoxy) is 1. The lowest BCUT2D eigenvalue weighted by Gasteiger charge is -2.33. The predicted molar refractivity (Wildman–Crippen MR) is 67.7 cm³/mol. The summed E-state index contributed by atoms with van der Waals surface area (Å²) >= 11 is 0. The molecule has 3 heterocycles. The molecule has 0 radical (unpaired) electrons. The highest BCUT2D eigenvalue weighted by Gasteiger charge is 2.70. The number of nitrogen functional groups attached to an aromatic ring is 1. The molecule has 0 amide bonds. The van der Waals surface area contributed by atoms with Crippen LogP contribution >= 0.6 is 0 Å². The van der Waals surface area contributed by atoms with Gasteiger partial charge in [0.05, 0.1) is 12.9 Å². The molecule has 2 aromatic rings. The average molecular weight is 335 g/mol. The van der Waals surface area contributed by atoms with Gasteiger partial charge in [0, 0.05) is 0 Å². The summed E-state index contributed by atoms with van der Waals surface area (Å²) in [6.07, 6.45) is -9.43. The second-order valence-electron chi connectivity index (χ2n) is 5.06. The molecule has 0 aliphatic carbocycles. The van der Waals surface area contributed by atoms with E-state index in [1.54, 1.807) is 0 Å². The third kappa shape index (κ3) is 2.06. The van der Waals surface area contributed by atoms with Gasteiger partial charge < -0.3 is 25.8 Å². The number of rotatable bonds is 2. The Bertz CT molecular complexity index is 738. The summed E-state index contributed by atoms with van der Waals surface area (Å²) in [6, 6.07) is 0. The molecule has 23 heavy (non-hydrogen) atoms. The number of aromatic nitrogens is 4. The standard InChI is InChI=1S/C11H12F3N5O4/c12-11(13,14)10(22)6(21)4(1-20)23-9(10)19-3-18-5-7(15)16-2-17-8(5)19/h2-4,6,9,20-22H,1H2,(H2,15,16,17)/t4-,6-,9-,10+/m1/s1. The molecular weight excluding hydrogens is 323 g/mol. The van der Waals surface area contributed by atoms with Crippen LogP contribution in [0.4, 0.5) is 19.0 Å². The molecule has 9 nitrogen and oxygen atoms in total. The molecule has 0 bridgehead atoms. The number of aliphatic hydroxyl groups excluding tert-OH is 2. The first-order chi connectivity index (χ1) is 10.7. The third-order valence-corrected chi connectivity index (χ3v) is 3.76. The first-order valence-electron chi connectivity index (χ1n) is 6.38. The van der Waals surface area contributed by atoms with Crippen molar-refractivity contribution in [1.29, 1.82) is 0 Å². The third-order valence-electron chi connectivity index (χ3n) is 3.76. The van der Waals surface area contributed by atoms with Crippen LogP contribution in [0.15, 0.2) is 12.7 Å². The topological polar surface area (TPSA) is 140 Å². The van der Waals surface area contributed by atoms with E-state index in [-0.39, 0.29) is 17.0 Å². The van der Waals surface area contributed by atoms with E-state index < -0.39 is 36.8 Å². The number of anilines is 1. The van der Waals surface area contributed by atoms with Crippen LogP contribution < -0.4 is 5.73 Å². The molecule has 1 saturated heterocycles. The fourth-order valence-corrected chi connectivity index (χ4v) is 2.54. The summed E-state index contributed by atoms with van der Waals surface area (Å²) in [5.74, 6) is -0.0680. The Hall–Kier alpha value is -2.02. The molecule has 126 valence electrons. The lowest BCUT2D eigenvalue weighted by atomic mass is 9.93. The summed E-state index contributed by atoms with van der Waals surface area (Å²) in [7, 11) is 0. The molecule has 0 unspecified atom stereocenters. The minimum Gasteiger partial charge on any atom is -0.394 e. The highest BCUT2D eigenvalue weighted by Crippen LogP contribution is 2.49. The van der Waals surface area contributed by atoms with Gasteiger partial charge in [-0.15, -0.1) is 0 Å². The van der Waals surface area contributed by atoms with E-state index in [1.165, 1.54) is 0 Å². The molecule has 0 aromatic carbocycles. The number of hydrogen-bond acceptors (Lipinski definition) is 8. The summed E-state index contributed by atoms with van der Waals surface area (Å²) in [4.78, 5) is 11.2. The van der Waals surface area contributed by atoms with Gasteiger partial charge in [-0.05, 0) is 0 Å². The van der Waals surface area contributed by atoms with Gasteiger partial charge in [-0.1, -0.05) is 0 Å². The molecule has 2 aromatic heterocycles. The normalized spacial score (nSPS) is 31.8. The number of nitrogens with zero attached hydrogens (tertiary/aromatic N) is 4. The van der Waals surface area contributed by atoms with Crippen LogP contribution in [0, 0.1) is 0 Å². The molecule has 0 saturated carbocycles. The van der Waals surface area contributed by atoms with Crippen LogP contribution in [-0.4, -0.2) is 65.4 Å². The Morgan fingerprint density at radius 3 is 2.65 bits per heavy atom. The van der Waals surface area contributed by atoms with Gasteiger partial charge in [-0.25, -0.2) is 15.0 Å². The maximum absolute atomic E-state index is 13.4. The fraction of sp³-hybridized carbons (Fsp3) is 0.545. The van der Waals surface area contributed by atoms with Crippen molar-refractivity contribution in [2.75, 3.05) is 12.3 Å². The molecule has 0 spiro atoms. The van der Waals surface area contributed by atoms with E-state index in [4.69, 9.17) is 15.6 Å². The summed E-state index contributed by atoms with van der Waals surface area (Å²) in [5, 5.41) is 29.0. The van der Waals surface area contributed by atoms with Crippen LogP contribution in [0.5, 0.6) is 0 Å². The van der Waals surface area contributed by atoms with E-state index in [0.717, 1.165) is 17.2 Å². The number of halogens is 3. The lowest BCUT2D eigenvalue weighted by molar-refractivity contribution is -0.303. The maximum Gasteiger partial charge on any atom is 0.424 e. The minimum atomic E-state index is -5.24. The van der Waals surface area contributed by atoms with Crippen LogP contribution in [0.2, 0.25) is 0 Å². The molecular formula is C11H12F3N5O4. The molecule has 1 aliphatic rings. The molecule has 5 N–H and O–H groups in total. The van der Waals surface area contributed by atoms with Crippen LogP contribution in [-0.2, 0) is 4.74 Å². The molecule has 1 fully saturated rings. The van der Waals surface area contributed by atoms with Crippen LogP contribution in [0.1, 0.15) is 6.23 Å². The van der Waals surface area contributed by atoms with E-state index in [1.807, 2.05) is 0 Å². The van der Waals surface area contributed by atoms with Crippen molar-refractivity contribution in [3.8, 4) is 0 Å². The van der Waals surface area contributed by atoms with Gasteiger partial charge >= 0.3 is 6.18 Å². The predicted octanol–water partition coefficient (Wildman–Crippen LogP) is -1.05. The zero-order valence-electron chi connectivity index (χ0n) is 11.3. The Balaban J connectivity index is 2.18. The SMILES string of the molecule is Nc1ncnc2c1ncn2[C@@H]1O[C@H](CO)[C@@H](O)[C@@]1(O)C(F)(F)F. The van der Waals surface area contributed by atoms with Crippen molar-refractivity contribution < 1.29 is 33.2 Å². The van der Waals surface area contributed by atoms with E-state index in [0.29, 0.717) is 0 Å². The van der Waals surface area contributed by atoms with Gasteiger partial charge in [-0.2, -0.15) is 13.2 Å². The molecule has 12 heteroatoms. The molecule has 3 rings (SSSR count). The van der Waals surface area contributed by atoms with Gasteiger partial charge in [-0.3, -0.25) is 4.57 Å². The number of aliphatic hydroxyl groups is 3. The zero-order chi connectivity index (χ0) is 17.0. The number of fused-ring (bicyclic) bond motifs is 1. The van der Waals surface area contributed by atoms with Crippen molar-refractivity contribution in [1.82, 2.24) is 19.5 Å². The molecule has 4 atom stereocenters. The Morgan fingerprint density at radius 1 is 1.35 bits per heavy atom. The van der Waals surface area contributed by atoms with Gasteiger partial charge in [0.25, 0.3) is 0 Å². The van der Waals surface area contributed by atoms with E-state index >= 15 is 0 Å². The maximum atomic E-state index is 13.4. The van der Waals surface area contributed by atoms with Gasteiger partial charge in [0.1, 0.15) is 24.1 Å². The Morgan fingerprint density at radius 2 is 2.04 bits per heavy atom. The summed E-state index contributed by atoms with van der Waals surface area (Å²) in [5.41, 5.74) is 1.80. The summed E-state index contributed by atoms with van der Waals surface area (Å²) < 4.78 is 45.9. The van der Waals surface area contributed by atoms with Crippen molar-refractivity contribution >= 4 is 17.0 Å². The summed E-state index contributed by atoms with van der Waals surface area (Å²) in [6.45, 7) is -0.917. The quantitative estimate of drug-likeness (QED) is 0.545. The number of hydrogen-bond donors (Lipinski definition) is 4. The van der Waals surface area contributed by atoms with Crippen molar-refractivity contribution in [2.24, 2.45) is 0 Å². The van der Waals surface area contributed by atoms with Crippen molar-refractivity contribution in [3.05, 3.63) is 12.7 Å². The van der Waals surface area contributed by atoms with Crippen molar-refractivity contribution in [3.63, 3.8) is 0 Å². The Kier molecular flexibility index (Phi) is 3.44. The second kappa shape index (κ2) is 4.99. The number of alkyl halides is 3. The largest absolute Gasteiger partial charge is 0.424 e. The number of imidazole rings is 1. The highest BCUT2D eigenvalue weighted by molar-refractivity contribution is 5.81. The lowest BCUT2D eigenvalue weighted by Crippen LogP contribution is -2.57. The van der Waals surface area contributed by atoms with E-state index in [9.17, 15) is 23.4 Å². The van der Waals surface area contributed by atoms with Crippen molar-refractivity contribution in [2.45, 2.75) is 30.2 Å². The smallest absolute Gasteiger partial charge is 0.394 e. The first kappa shape index (κ1) is 15.9. The average Bonchev–Trinajstić information content (AvgIpc) is 3.01. The number of nitrogens with two attached hydrogens (primary N) is 1. The Labute approximate surface area is 126 Å². The van der Waals surface area contributed by atoms with Gasteiger partial charge in [0.15, 0.2) is 17.7 Å². The second-order valence-corrected chi connectivity index (χ2v) is 5.06. The van der Waals surface area contributed by atoms with E-state index in [2.05, 4.69) is 15.0 Å². The fourth-order valence-electron chi connectivity index (χ4n) is 2.54. The first-order valence-corrected chi connectivity index (χ1v) is 6.38. The highest BCUT2D eigenvalue weighted by atomic mass is 19.4. The van der Waals surface area contributed by atoms with Crippen LogP contribution in [0.25, 0.3) is 11.2 Å². The zero-order valence-corrected chi connectivity index (χ0v) is 11.3. The monoisotopic (exact) mass is 335 g/mol. The van der Waals surface area contributed by atoms with Gasteiger partial charge in [0.2, 0.25) is 5.60 Å².